The van der Waals surface area contributed by atoms with Gasteiger partial charge in [-0.1, -0.05) is 30.3 Å². The van der Waals surface area contributed by atoms with Gasteiger partial charge in [0.15, 0.2) is 11.5 Å². The van der Waals surface area contributed by atoms with E-state index in [1.807, 2.05) is 30.3 Å². The maximum absolute atomic E-state index is 13.0. The summed E-state index contributed by atoms with van der Waals surface area (Å²) in [6.07, 6.45) is -4.80. The molecule has 1 aliphatic heterocycles. The highest BCUT2D eigenvalue weighted by Gasteiger charge is 2.35. The zero-order valence-corrected chi connectivity index (χ0v) is 20.9. The fourth-order valence-electron chi connectivity index (χ4n) is 4.20. The second-order valence-electron chi connectivity index (χ2n) is 8.93. The lowest BCUT2D eigenvalue weighted by Gasteiger charge is -2.31. The standard InChI is InChI=1S/C26H33F3N2O6/c1-17-24(36-12-6-10-26(27,28)29)19(13-18-7-4-3-5-8-18)15-35-16-21(25(33)37-17)31-14-20-23(32)22(34-2)9-11-30-20/h3-5,7-9,11,17,19,21,24,31-32H,6,10,12-16H2,1-2H3. The van der Waals surface area contributed by atoms with Crippen molar-refractivity contribution in [2.24, 2.45) is 5.92 Å². The summed E-state index contributed by atoms with van der Waals surface area (Å²) in [5.41, 5.74) is 1.29. The first-order chi connectivity index (χ1) is 17.7. The Balaban J connectivity index is 1.71. The molecule has 0 bridgehead atoms. The minimum Gasteiger partial charge on any atom is -0.503 e. The van der Waals surface area contributed by atoms with Gasteiger partial charge in [-0.05, 0) is 25.3 Å². The highest BCUT2D eigenvalue weighted by Crippen LogP contribution is 2.28. The van der Waals surface area contributed by atoms with Gasteiger partial charge in [-0.2, -0.15) is 13.2 Å². The maximum Gasteiger partial charge on any atom is 0.389 e. The molecule has 2 heterocycles. The van der Waals surface area contributed by atoms with Crippen LogP contribution in [0.25, 0.3) is 0 Å². The van der Waals surface area contributed by atoms with Gasteiger partial charge < -0.3 is 24.1 Å². The number of hydrogen-bond donors (Lipinski definition) is 2. The molecule has 0 radical (unpaired) electrons. The lowest BCUT2D eigenvalue weighted by atomic mass is 9.91. The normalized spacial score (nSPS) is 23.0. The monoisotopic (exact) mass is 526 g/mol. The van der Waals surface area contributed by atoms with Crippen molar-refractivity contribution >= 4 is 5.97 Å². The van der Waals surface area contributed by atoms with Crippen molar-refractivity contribution in [1.82, 2.24) is 10.3 Å². The summed E-state index contributed by atoms with van der Waals surface area (Å²) < 4.78 is 60.4. The predicted octanol–water partition coefficient (Wildman–Crippen LogP) is 3.80. The summed E-state index contributed by atoms with van der Waals surface area (Å²) in [6, 6.07) is 10.2. The topological polar surface area (TPSA) is 99.1 Å². The number of alkyl halides is 3. The Hall–Kier alpha value is -2.89. The molecule has 4 atom stereocenters. The summed E-state index contributed by atoms with van der Waals surface area (Å²) in [5.74, 6) is -0.750. The Morgan fingerprint density at radius 3 is 2.65 bits per heavy atom. The van der Waals surface area contributed by atoms with Gasteiger partial charge in [0.25, 0.3) is 0 Å². The Kier molecular flexibility index (Phi) is 10.5. The molecule has 2 N–H and O–H groups in total. The second-order valence-corrected chi connectivity index (χ2v) is 8.93. The van der Waals surface area contributed by atoms with Gasteiger partial charge in [0.05, 0.1) is 32.1 Å². The predicted molar refractivity (Wildman–Crippen MR) is 128 cm³/mol. The molecule has 8 nitrogen and oxygen atoms in total. The quantitative estimate of drug-likeness (QED) is 0.356. The number of carbonyl (C=O) groups excluding carboxylic acids is 1. The number of carbonyl (C=O) groups is 1. The summed E-state index contributed by atoms with van der Waals surface area (Å²) >= 11 is 0. The molecule has 1 aliphatic rings. The van der Waals surface area contributed by atoms with Crippen molar-refractivity contribution in [2.45, 2.75) is 57.2 Å². The Morgan fingerprint density at radius 1 is 1.19 bits per heavy atom. The fourth-order valence-corrected chi connectivity index (χ4v) is 4.20. The number of aromatic nitrogens is 1. The van der Waals surface area contributed by atoms with Crippen LogP contribution < -0.4 is 10.1 Å². The van der Waals surface area contributed by atoms with E-state index in [0.717, 1.165) is 5.56 Å². The van der Waals surface area contributed by atoms with Crippen LogP contribution in [0.1, 0.15) is 31.0 Å². The third-order valence-corrected chi connectivity index (χ3v) is 6.08. The van der Waals surface area contributed by atoms with Gasteiger partial charge in [-0.15, -0.1) is 0 Å². The zero-order valence-electron chi connectivity index (χ0n) is 20.9. The van der Waals surface area contributed by atoms with Crippen molar-refractivity contribution in [3.8, 4) is 11.5 Å². The van der Waals surface area contributed by atoms with E-state index < -0.39 is 36.8 Å². The number of nitrogens with zero attached hydrogens (tertiary/aromatic N) is 1. The van der Waals surface area contributed by atoms with Crippen LogP contribution in [0, 0.1) is 5.92 Å². The van der Waals surface area contributed by atoms with Crippen LogP contribution in [0.4, 0.5) is 13.2 Å². The van der Waals surface area contributed by atoms with E-state index in [9.17, 15) is 23.1 Å². The molecule has 4 unspecified atom stereocenters. The summed E-state index contributed by atoms with van der Waals surface area (Å²) in [7, 11) is 1.42. The van der Waals surface area contributed by atoms with Gasteiger partial charge in [0.2, 0.25) is 0 Å². The van der Waals surface area contributed by atoms with Crippen molar-refractivity contribution in [1.29, 1.82) is 0 Å². The molecule has 1 fully saturated rings. The van der Waals surface area contributed by atoms with Crippen LogP contribution in [-0.2, 0) is 32.0 Å². The second kappa shape index (κ2) is 13.6. The molecule has 1 aromatic heterocycles. The third kappa shape index (κ3) is 8.87. The highest BCUT2D eigenvalue weighted by molar-refractivity contribution is 5.76. The van der Waals surface area contributed by atoms with Gasteiger partial charge in [-0.3, -0.25) is 15.1 Å². The van der Waals surface area contributed by atoms with E-state index in [2.05, 4.69) is 10.3 Å². The maximum atomic E-state index is 13.0. The van der Waals surface area contributed by atoms with Crippen LogP contribution in [0.2, 0.25) is 0 Å². The first kappa shape index (κ1) is 28.7. The Labute approximate surface area is 214 Å². The average Bonchev–Trinajstić information content (AvgIpc) is 2.90. The van der Waals surface area contributed by atoms with Crippen LogP contribution >= 0.6 is 0 Å². The first-order valence-electron chi connectivity index (χ1n) is 12.1. The Bertz CT molecular complexity index is 992. The SMILES string of the molecule is COc1ccnc(CNC2COCC(Cc3ccccc3)C(OCCCC(F)(F)F)C(C)OC2=O)c1O. The third-order valence-electron chi connectivity index (χ3n) is 6.08. The van der Waals surface area contributed by atoms with E-state index in [1.165, 1.54) is 19.4 Å². The minimum atomic E-state index is -4.27. The molecule has 1 aromatic carbocycles. The summed E-state index contributed by atoms with van der Waals surface area (Å²) in [5, 5.41) is 13.3. The molecule has 11 heteroatoms. The molecular formula is C26H33F3N2O6. The lowest BCUT2D eigenvalue weighted by molar-refractivity contribution is -0.162. The summed E-state index contributed by atoms with van der Waals surface area (Å²) in [4.78, 5) is 17.1. The molecule has 3 rings (SSSR count). The van der Waals surface area contributed by atoms with E-state index in [0.29, 0.717) is 6.42 Å². The molecule has 0 aliphatic carbocycles. The number of esters is 1. The van der Waals surface area contributed by atoms with Crippen LogP contribution in [0.15, 0.2) is 42.6 Å². The van der Waals surface area contributed by atoms with Crippen LogP contribution in [0.5, 0.6) is 11.5 Å². The number of nitrogens with one attached hydrogen (secondary N) is 1. The van der Waals surface area contributed by atoms with E-state index in [-0.39, 0.29) is 55.9 Å². The molecule has 2 aromatic rings. The minimum absolute atomic E-state index is 0.0115. The van der Waals surface area contributed by atoms with Crippen molar-refractivity contribution in [2.75, 3.05) is 26.9 Å². The number of pyridine rings is 1. The number of hydrogen-bond acceptors (Lipinski definition) is 8. The fraction of sp³-hybridized carbons (Fsp3) is 0.538. The molecule has 204 valence electrons. The van der Waals surface area contributed by atoms with Gasteiger partial charge in [-0.25, -0.2) is 0 Å². The number of methoxy groups -OCH3 is 1. The number of benzene rings is 1. The van der Waals surface area contributed by atoms with Crippen molar-refractivity contribution in [3.63, 3.8) is 0 Å². The van der Waals surface area contributed by atoms with Crippen LogP contribution in [-0.4, -0.2) is 67.4 Å². The van der Waals surface area contributed by atoms with Gasteiger partial charge in [0.1, 0.15) is 12.1 Å². The molecule has 0 amide bonds. The van der Waals surface area contributed by atoms with Gasteiger partial charge >= 0.3 is 12.1 Å². The smallest absolute Gasteiger partial charge is 0.389 e. The first-order valence-corrected chi connectivity index (χ1v) is 12.1. The number of halogens is 3. The summed E-state index contributed by atoms with van der Waals surface area (Å²) in [6.45, 7) is 1.79. The largest absolute Gasteiger partial charge is 0.503 e. The lowest BCUT2D eigenvalue weighted by Crippen LogP contribution is -2.44. The van der Waals surface area contributed by atoms with Crippen molar-refractivity contribution in [3.05, 3.63) is 53.9 Å². The van der Waals surface area contributed by atoms with E-state index in [1.54, 1.807) is 6.92 Å². The van der Waals surface area contributed by atoms with E-state index in [4.69, 9.17) is 18.9 Å². The number of aromatic hydroxyl groups is 1. The molecule has 0 saturated carbocycles. The van der Waals surface area contributed by atoms with Gasteiger partial charge in [0, 0.05) is 37.8 Å². The molecule has 0 spiro atoms. The number of cyclic esters (lactones) is 1. The Morgan fingerprint density at radius 2 is 1.95 bits per heavy atom. The molecular weight excluding hydrogens is 493 g/mol. The molecule has 1 saturated heterocycles. The zero-order chi connectivity index (χ0) is 26.8. The average molecular weight is 527 g/mol. The van der Waals surface area contributed by atoms with Crippen molar-refractivity contribution < 1.29 is 42.0 Å². The molecule has 37 heavy (non-hydrogen) atoms. The highest BCUT2D eigenvalue weighted by atomic mass is 19.4. The number of rotatable bonds is 10. The van der Waals surface area contributed by atoms with E-state index >= 15 is 0 Å². The number of ether oxygens (including phenoxy) is 4. The van der Waals surface area contributed by atoms with Crippen LogP contribution in [0.3, 0.4) is 0 Å².